The number of allylic oxidation sites excluding steroid dienone is 2. The summed E-state index contributed by atoms with van der Waals surface area (Å²) in [6, 6.07) is 0. The number of phosphoric ester groups is 1. The number of carbonyl (C=O) groups excluding carboxylic acids is 1. The second-order valence-corrected chi connectivity index (χ2v) is 8.63. The van der Waals surface area contributed by atoms with Crippen LogP contribution in [0.5, 0.6) is 0 Å². The van der Waals surface area contributed by atoms with Crippen LogP contribution in [-0.4, -0.2) is 35.3 Å². The number of rotatable bonds is 20. The zero-order valence-electron chi connectivity index (χ0n) is 18.9. The van der Waals surface area contributed by atoms with E-state index in [9.17, 15) is 19.4 Å². The monoisotopic (exact) mass is 458 g/mol. The third kappa shape index (κ3) is 26.3. The van der Waals surface area contributed by atoms with E-state index in [-0.39, 0.29) is 42.6 Å². The third-order valence-corrected chi connectivity index (χ3v) is 4.98. The first kappa shape index (κ1) is 32.5. The van der Waals surface area contributed by atoms with Gasteiger partial charge < -0.3 is 24.2 Å². The summed E-state index contributed by atoms with van der Waals surface area (Å²) >= 11 is 0. The molecule has 0 saturated carbocycles. The number of esters is 1. The van der Waals surface area contributed by atoms with Gasteiger partial charge in [-0.3, -0.25) is 9.36 Å². The Morgan fingerprint density at radius 3 is 1.97 bits per heavy atom. The van der Waals surface area contributed by atoms with Gasteiger partial charge >= 0.3 is 35.5 Å². The Balaban J connectivity index is 0. The molecule has 0 rings (SSSR count). The Morgan fingerprint density at radius 1 is 0.933 bits per heavy atom. The van der Waals surface area contributed by atoms with Crippen LogP contribution in [0.3, 0.4) is 0 Å². The summed E-state index contributed by atoms with van der Waals surface area (Å²) in [6.45, 7) is 1.24. The van der Waals surface area contributed by atoms with Gasteiger partial charge in [0, 0.05) is 6.42 Å². The van der Waals surface area contributed by atoms with Crippen LogP contribution in [0.4, 0.5) is 0 Å². The van der Waals surface area contributed by atoms with Crippen LogP contribution in [0.2, 0.25) is 0 Å². The van der Waals surface area contributed by atoms with Gasteiger partial charge in [-0.1, -0.05) is 70.4 Å². The Morgan fingerprint density at radius 2 is 1.43 bits per heavy atom. The van der Waals surface area contributed by atoms with Crippen LogP contribution < -0.4 is 34.5 Å². The number of phosphoric acid groups is 1. The van der Waals surface area contributed by atoms with Crippen LogP contribution in [0.1, 0.15) is 96.8 Å². The molecule has 0 amide bonds. The first-order valence-electron chi connectivity index (χ1n) is 11.0. The van der Waals surface area contributed by atoms with Crippen LogP contribution in [0.25, 0.3) is 0 Å². The van der Waals surface area contributed by atoms with E-state index in [1.807, 2.05) is 0 Å². The van der Waals surface area contributed by atoms with E-state index >= 15 is 0 Å². The van der Waals surface area contributed by atoms with Crippen molar-refractivity contribution in [1.29, 1.82) is 0 Å². The van der Waals surface area contributed by atoms with Crippen molar-refractivity contribution in [1.82, 2.24) is 0 Å². The molecular weight excluding hydrogens is 418 g/mol. The maximum absolute atomic E-state index is 11.5. The Bertz CT molecular complexity index is 468. The normalized spacial score (nSPS) is 14.3. The van der Waals surface area contributed by atoms with Crippen LogP contribution in [0, 0.1) is 0 Å². The molecule has 0 aliphatic carbocycles. The average molecular weight is 459 g/mol. The van der Waals surface area contributed by atoms with Gasteiger partial charge in [0.05, 0.1) is 6.61 Å². The van der Waals surface area contributed by atoms with Crippen molar-refractivity contribution in [2.24, 2.45) is 0 Å². The molecule has 0 aliphatic rings. The number of aliphatic hydroxyl groups is 1. The van der Waals surface area contributed by atoms with Crippen LogP contribution >= 0.6 is 7.82 Å². The van der Waals surface area contributed by atoms with Crippen LogP contribution in [0.15, 0.2) is 12.2 Å². The van der Waals surface area contributed by atoms with Crippen molar-refractivity contribution in [2.75, 3.05) is 13.2 Å². The standard InChI is InChI=1S/C21H41O7P.Na/c1-2-3-4-5-6-7-8-9-10-11-12-13-14-15-16-17-21(23)27-18-20(22)19-28-29(24,25)26;/h9-10,20,22H,2-8,11-19H2,1H3,(H2,24,25,26);/q;+1/p-1/b10-9-;/t20-;/m1./s1. The van der Waals surface area contributed by atoms with Crippen molar-refractivity contribution in [2.45, 2.75) is 103 Å². The van der Waals surface area contributed by atoms with E-state index in [0.717, 1.165) is 38.5 Å². The summed E-state index contributed by atoms with van der Waals surface area (Å²) in [6.07, 6.45) is 18.9. The minimum atomic E-state index is -4.87. The van der Waals surface area contributed by atoms with Crippen molar-refractivity contribution in [3.05, 3.63) is 12.2 Å². The summed E-state index contributed by atoms with van der Waals surface area (Å²) in [7, 11) is -4.87. The molecule has 2 atom stereocenters. The van der Waals surface area contributed by atoms with Crippen molar-refractivity contribution >= 4 is 13.8 Å². The maximum atomic E-state index is 11.5. The van der Waals surface area contributed by atoms with E-state index in [1.54, 1.807) is 0 Å². The van der Waals surface area contributed by atoms with E-state index in [0.29, 0.717) is 0 Å². The molecule has 1 unspecified atom stereocenters. The number of hydrogen-bond acceptors (Lipinski definition) is 6. The average Bonchev–Trinajstić information content (AvgIpc) is 2.67. The number of ether oxygens (including phenoxy) is 1. The Kier molecular flexibility index (Phi) is 24.3. The topological polar surface area (TPSA) is 116 Å². The largest absolute Gasteiger partial charge is 1.00 e. The summed E-state index contributed by atoms with van der Waals surface area (Å²) < 4.78 is 19.2. The fraction of sp³-hybridized carbons (Fsp3) is 0.857. The van der Waals surface area contributed by atoms with Gasteiger partial charge in [0.15, 0.2) is 0 Å². The third-order valence-electron chi connectivity index (χ3n) is 4.51. The zero-order chi connectivity index (χ0) is 21.8. The molecule has 2 N–H and O–H groups in total. The quantitative estimate of drug-likeness (QED) is 0.0932. The molecular formula is C21H40NaO7P. The smallest absolute Gasteiger partial charge is 0.756 e. The minimum Gasteiger partial charge on any atom is -0.756 e. The van der Waals surface area contributed by atoms with Gasteiger partial charge in [-0.05, 0) is 32.1 Å². The molecule has 0 saturated heterocycles. The number of carbonyl (C=O) groups is 1. The number of aliphatic hydroxyl groups excluding tert-OH is 1. The zero-order valence-corrected chi connectivity index (χ0v) is 21.8. The molecule has 0 aromatic rings. The molecule has 30 heavy (non-hydrogen) atoms. The molecule has 0 aromatic heterocycles. The molecule has 0 heterocycles. The van der Waals surface area contributed by atoms with E-state index in [1.165, 1.54) is 44.9 Å². The van der Waals surface area contributed by atoms with E-state index < -0.39 is 26.5 Å². The number of hydrogen-bond donors (Lipinski definition) is 2. The summed E-state index contributed by atoms with van der Waals surface area (Å²) in [5.74, 6) is -0.434. The number of unbranched alkanes of at least 4 members (excludes halogenated alkanes) is 11. The van der Waals surface area contributed by atoms with Crippen LogP contribution in [-0.2, 0) is 18.6 Å². The molecule has 0 aromatic carbocycles. The summed E-state index contributed by atoms with van der Waals surface area (Å²) in [5.41, 5.74) is 0. The van der Waals surface area contributed by atoms with Gasteiger partial charge in [-0.15, -0.1) is 0 Å². The first-order chi connectivity index (χ1) is 13.8. The predicted octanol–water partition coefficient (Wildman–Crippen LogP) is 1.41. The first-order valence-corrected chi connectivity index (χ1v) is 12.5. The fourth-order valence-corrected chi connectivity index (χ4v) is 3.19. The van der Waals surface area contributed by atoms with Crippen molar-refractivity contribution in [3.8, 4) is 0 Å². The molecule has 0 radical (unpaired) electrons. The van der Waals surface area contributed by atoms with Gasteiger partial charge in [0.1, 0.15) is 12.7 Å². The second-order valence-electron chi connectivity index (χ2n) is 7.44. The molecule has 7 nitrogen and oxygen atoms in total. The molecule has 0 bridgehead atoms. The molecule has 0 aliphatic heterocycles. The fourth-order valence-electron chi connectivity index (χ4n) is 2.83. The molecule has 0 spiro atoms. The van der Waals surface area contributed by atoms with Gasteiger partial charge in [0.2, 0.25) is 0 Å². The Hall–Kier alpha value is 0.280. The van der Waals surface area contributed by atoms with Crippen molar-refractivity contribution < 1.29 is 63.1 Å². The summed E-state index contributed by atoms with van der Waals surface area (Å²) in [5, 5.41) is 9.39. The SMILES string of the molecule is CCCCCCCC/C=C\CCCCCCCC(=O)OC[C@@H](O)COP(=O)([O-])O.[Na+]. The van der Waals surface area contributed by atoms with E-state index in [4.69, 9.17) is 9.63 Å². The summed E-state index contributed by atoms with van der Waals surface area (Å²) in [4.78, 5) is 30.3. The maximum Gasteiger partial charge on any atom is 1.00 e. The predicted molar refractivity (Wildman–Crippen MR) is 112 cm³/mol. The second kappa shape index (κ2) is 22.5. The Labute approximate surface area is 204 Å². The van der Waals surface area contributed by atoms with E-state index in [2.05, 4.69) is 23.6 Å². The minimum absolute atomic E-state index is 0. The molecule has 172 valence electrons. The van der Waals surface area contributed by atoms with Crippen molar-refractivity contribution in [3.63, 3.8) is 0 Å². The van der Waals surface area contributed by atoms with Gasteiger partial charge in [-0.25, -0.2) is 0 Å². The van der Waals surface area contributed by atoms with Gasteiger partial charge in [0.25, 0.3) is 7.82 Å². The molecule has 0 fully saturated rings. The van der Waals surface area contributed by atoms with Gasteiger partial charge in [-0.2, -0.15) is 0 Å². The molecule has 9 heteroatoms.